The Kier molecular flexibility index (Phi) is 4.90. The lowest BCUT2D eigenvalue weighted by Gasteiger charge is -2.16. The highest BCUT2D eigenvalue weighted by Gasteiger charge is 2.39. The van der Waals surface area contributed by atoms with Crippen molar-refractivity contribution >= 4 is 58.0 Å². The second kappa shape index (κ2) is 6.96. The molecule has 0 spiro atoms. The number of imide groups is 1. The van der Waals surface area contributed by atoms with Crippen molar-refractivity contribution in [1.82, 2.24) is 0 Å². The molecule has 25 heavy (non-hydrogen) atoms. The normalized spacial score (nSPS) is 14.3. The van der Waals surface area contributed by atoms with E-state index in [9.17, 15) is 9.59 Å². The molecule has 2 amide bonds. The first-order chi connectivity index (χ1) is 11.9. The number of rotatable bonds is 4. The quantitative estimate of drug-likeness (QED) is 0.775. The fourth-order valence-electron chi connectivity index (χ4n) is 2.31. The standard InChI is InChI=1S/C17H11Cl3N2O3/c1-25-11-5-3-10(4-6-11)21-15-14(20)16(23)22(17(15)24)13-7-2-9(18)8-12(13)19/h2-8,21H,1H3. The Morgan fingerprint density at radius 2 is 1.64 bits per heavy atom. The van der Waals surface area contributed by atoms with E-state index in [-0.39, 0.29) is 21.4 Å². The minimum absolute atomic E-state index is 0.0251. The van der Waals surface area contributed by atoms with Gasteiger partial charge < -0.3 is 10.1 Å². The molecule has 0 saturated heterocycles. The lowest BCUT2D eigenvalue weighted by Crippen LogP contribution is -2.32. The lowest BCUT2D eigenvalue weighted by molar-refractivity contribution is -0.120. The second-order valence-corrected chi connectivity index (χ2v) is 6.31. The van der Waals surface area contributed by atoms with E-state index in [1.54, 1.807) is 31.4 Å². The van der Waals surface area contributed by atoms with Gasteiger partial charge in [-0.15, -0.1) is 0 Å². The van der Waals surface area contributed by atoms with Crippen molar-refractivity contribution in [2.75, 3.05) is 17.3 Å². The van der Waals surface area contributed by atoms with Gasteiger partial charge in [0.2, 0.25) is 0 Å². The molecule has 8 heteroatoms. The smallest absolute Gasteiger partial charge is 0.283 e. The first-order valence-corrected chi connectivity index (χ1v) is 8.20. The molecule has 2 aromatic rings. The van der Waals surface area contributed by atoms with Crippen LogP contribution in [0.25, 0.3) is 0 Å². The zero-order valence-corrected chi connectivity index (χ0v) is 15.1. The highest BCUT2D eigenvalue weighted by Crippen LogP contribution is 2.35. The summed E-state index contributed by atoms with van der Waals surface area (Å²) < 4.78 is 5.08. The van der Waals surface area contributed by atoms with Gasteiger partial charge in [-0.1, -0.05) is 34.8 Å². The Hall–Kier alpha value is -2.21. The summed E-state index contributed by atoms with van der Waals surface area (Å²) in [6, 6.07) is 11.3. The van der Waals surface area contributed by atoms with E-state index in [1.807, 2.05) is 0 Å². The number of halogens is 3. The molecule has 0 saturated carbocycles. The Morgan fingerprint density at radius 1 is 0.960 bits per heavy atom. The van der Waals surface area contributed by atoms with Crippen LogP contribution in [-0.4, -0.2) is 18.9 Å². The number of hydrogen-bond acceptors (Lipinski definition) is 4. The molecule has 0 fully saturated rings. The van der Waals surface area contributed by atoms with Crippen LogP contribution >= 0.6 is 34.8 Å². The summed E-state index contributed by atoms with van der Waals surface area (Å²) in [5, 5.41) is 3.21. The molecule has 0 unspecified atom stereocenters. The van der Waals surface area contributed by atoms with Gasteiger partial charge in [0.1, 0.15) is 16.5 Å². The van der Waals surface area contributed by atoms with Crippen LogP contribution in [0.1, 0.15) is 0 Å². The number of hydrogen-bond donors (Lipinski definition) is 1. The van der Waals surface area contributed by atoms with Crippen LogP contribution in [0.5, 0.6) is 5.75 Å². The molecule has 2 aromatic carbocycles. The topological polar surface area (TPSA) is 58.6 Å². The predicted octanol–water partition coefficient (Wildman–Crippen LogP) is 4.44. The number of anilines is 2. The van der Waals surface area contributed by atoms with E-state index in [0.717, 1.165) is 4.90 Å². The summed E-state index contributed by atoms with van der Waals surface area (Å²) in [5.41, 5.74) is 0.771. The molecule has 3 rings (SSSR count). The summed E-state index contributed by atoms with van der Waals surface area (Å²) in [4.78, 5) is 26.0. The van der Waals surface area contributed by atoms with E-state index in [2.05, 4.69) is 5.32 Å². The molecule has 5 nitrogen and oxygen atoms in total. The lowest BCUT2D eigenvalue weighted by atomic mass is 10.2. The summed E-state index contributed by atoms with van der Waals surface area (Å²) in [6.07, 6.45) is 0. The van der Waals surface area contributed by atoms with Crippen LogP contribution < -0.4 is 15.0 Å². The maximum Gasteiger partial charge on any atom is 0.283 e. The van der Waals surface area contributed by atoms with Crippen LogP contribution in [-0.2, 0) is 9.59 Å². The fraction of sp³-hybridized carbons (Fsp3) is 0.0588. The number of methoxy groups -OCH3 is 1. The average molecular weight is 398 g/mol. The van der Waals surface area contributed by atoms with E-state index < -0.39 is 11.8 Å². The summed E-state index contributed by atoms with van der Waals surface area (Å²) in [6.45, 7) is 0. The third-order valence-corrected chi connectivity index (χ3v) is 4.43. The number of carbonyl (C=O) groups excluding carboxylic acids is 2. The monoisotopic (exact) mass is 396 g/mol. The van der Waals surface area contributed by atoms with Gasteiger partial charge in [-0.25, -0.2) is 4.90 Å². The van der Waals surface area contributed by atoms with Gasteiger partial charge >= 0.3 is 0 Å². The van der Waals surface area contributed by atoms with Crippen molar-refractivity contribution in [1.29, 1.82) is 0 Å². The highest BCUT2D eigenvalue weighted by molar-refractivity contribution is 6.53. The van der Waals surface area contributed by atoms with Gasteiger partial charge in [0.25, 0.3) is 11.8 Å². The SMILES string of the molecule is COc1ccc(NC2=C(Cl)C(=O)N(c3ccc(Cl)cc3Cl)C2=O)cc1. The van der Waals surface area contributed by atoms with Crippen LogP contribution in [0, 0.1) is 0 Å². The Labute approximate surface area is 158 Å². The molecule has 0 aliphatic carbocycles. The van der Waals surface area contributed by atoms with Crippen LogP contribution in [0.3, 0.4) is 0 Å². The molecule has 1 aliphatic rings. The fourth-order valence-corrected chi connectivity index (χ4v) is 3.02. The number of amides is 2. The van der Waals surface area contributed by atoms with E-state index in [4.69, 9.17) is 39.5 Å². The van der Waals surface area contributed by atoms with Crippen LogP contribution in [0.2, 0.25) is 10.0 Å². The molecule has 1 N–H and O–H groups in total. The summed E-state index contributed by atoms with van der Waals surface area (Å²) >= 11 is 18.0. The van der Waals surface area contributed by atoms with Gasteiger partial charge in [0.15, 0.2) is 0 Å². The number of benzene rings is 2. The number of carbonyl (C=O) groups is 2. The molecule has 0 bridgehead atoms. The predicted molar refractivity (Wildman–Crippen MR) is 98.5 cm³/mol. The number of nitrogens with one attached hydrogen (secondary N) is 1. The highest BCUT2D eigenvalue weighted by atomic mass is 35.5. The van der Waals surface area contributed by atoms with Gasteiger partial charge in [-0.3, -0.25) is 9.59 Å². The Balaban J connectivity index is 1.90. The first kappa shape index (κ1) is 17.6. The average Bonchev–Trinajstić information content (AvgIpc) is 2.80. The Bertz CT molecular complexity index is 895. The number of ether oxygens (including phenoxy) is 1. The van der Waals surface area contributed by atoms with Crippen molar-refractivity contribution in [3.05, 3.63) is 63.2 Å². The maximum atomic E-state index is 12.7. The molecule has 0 radical (unpaired) electrons. The molecule has 0 aromatic heterocycles. The zero-order valence-electron chi connectivity index (χ0n) is 12.8. The van der Waals surface area contributed by atoms with Crippen molar-refractivity contribution in [3.63, 3.8) is 0 Å². The van der Waals surface area contributed by atoms with Gasteiger partial charge in [0, 0.05) is 10.7 Å². The minimum atomic E-state index is -0.660. The molecule has 128 valence electrons. The Morgan fingerprint density at radius 3 is 2.24 bits per heavy atom. The molecule has 1 aliphatic heterocycles. The summed E-state index contributed by atoms with van der Waals surface area (Å²) in [5.74, 6) is -0.601. The first-order valence-electron chi connectivity index (χ1n) is 7.07. The minimum Gasteiger partial charge on any atom is -0.497 e. The molecule has 1 heterocycles. The van der Waals surface area contributed by atoms with E-state index in [1.165, 1.54) is 18.2 Å². The molecule has 0 atom stereocenters. The molecular formula is C17H11Cl3N2O3. The zero-order chi connectivity index (χ0) is 18.1. The van der Waals surface area contributed by atoms with Crippen molar-refractivity contribution in [2.45, 2.75) is 0 Å². The largest absolute Gasteiger partial charge is 0.497 e. The maximum absolute atomic E-state index is 12.7. The molecular weight excluding hydrogens is 387 g/mol. The number of nitrogens with zero attached hydrogens (tertiary/aromatic N) is 1. The van der Waals surface area contributed by atoms with E-state index in [0.29, 0.717) is 16.5 Å². The van der Waals surface area contributed by atoms with Crippen molar-refractivity contribution in [2.24, 2.45) is 0 Å². The van der Waals surface area contributed by atoms with Crippen molar-refractivity contribution in [3.8, 4) is 5.75 Å². The summed E-state index contributed by atoms with van der Waals surface area (Å²) in [7, 11) is 1.55. The second-order valence-electron chi connectivity index (χ2n) is 5.08. The van der Waals surface area contributed by atoms with E-state index >= 15 is 0 Å². The third-order valence-electron chi connectivity index (χ3n) is 3.54. The van der Waals surface area contributed by atoms with Gasteiger partial charge in [0.05, 0.1) is 17.8 Å². The van der Waals surface area contributed by atoms with Crippen molar-refractivity contribution < 1.29 is 14.3 Å². The van der Waals surface area contributed by atoms with Crippen LogP contribution in [0.15, 0.2) is 53.2 Å². The third kappa shape index (κ3) is 3.31. The van der Waals surface area contributed by atoms with Crippen LogP contribution in [0.4, 0.5) is 11.4 Å². The van der Waals surface area contributed by atoms with Gasteiger partial charge in [-0.05, 0) is 42.5 Å². The van der Waals surface area contributed by atoms with Gasteiger partial charge in [-0.2, -0.15) is 0 Å².